The van der Waals surface area contributed by atoms with Gasteiger partial charge in [0.15, 0.2) is 6.04 Å². The molecule has 0 bridgehead atoms. The quantitative estimate of drug-likeness (QED) is 0.517. The van der Waals surface area contributed by atoms with Gasteiger partial charge in [-0.25, -0.2) is 4.99 Å². The molecule has 0 spiro atoms. The van der Waals surface area contributed by atoms with Gasteiger partial charge in [0.2, 0.25) is 17.7 Å². The number of carbonyl (C=O) groups excluding carboxylic acids is 2. The Labute approximate surface area is 137 Å². The number of phenols is 1. The molecule has 1 aromatic rings. The molecule has 0 radical (unpaired) electrons. The summed E-state index contributed by atoms with van der Waals surface area (Å²) in [4.78, 5) is 37.8. The van der Waals surface area contributed by atoms with Gasteiger partial charge < -0.3 is 25.6 Å². The number of benzene rings is 1. The molecule has 0 saturated heterocycles. The summed E-state index contributed by atoms with van der Waals surface area (Å²) in [5.74, 6) is -1.84. The third-order valence-electron chi connectivity index (χ3n) is 3.17. The first kappa shape index (κ1) is 17.3. The summed E-state index contributed by atoms with van der Waals surface area (Å²) in [6, 6.07) is 5.64. The Kier molecular flexibility index (Phi) is 5.72. The van der Waals surface area contributed by atoms with E-state index in [9.17, 15) is 19.5 Å². The lowest BCUT2D eigenvalue weighted by molar-refractivity contribution is -0.137. The second kappa shape index (κ2) is 7.95. The fourth-order valence-electron chi connectivity index (χ4n) is 1.97. The monoisotopic (exact) mass is 335 g/mol. The molecule has 0 aromatic heterocycles. The number of aliphatic imine (C=N–C) groups is 1. The molecule has 1 heterocycles. The second-order valence-corrected chi connectivity index (χ2v) is 4.99. The molecular formula is C15H17N3O6. The predicted molar refractivity (Wildman–Crippen MR) is 82.7 cm³/mol. The number of nitrogens with zero attached hydrogens (tertiary/aromatic N) is 1. The molecule has 0 saturated carbocycles. The highest BCUT2D eigenvalue weighted by atomic mass is 16.5. The maximum atomic E-state index is 12.0. The van der Waals surface area contributed by atoms with Crippen molar-refractivity contribution >= 4 is 23.7 Å². The molecule has 9 nitrogen and oxygen atoms in total. The van der Waals surface area contributed by atoms with E-state index in [0.29, 0.717) is 5.56 Å². The Balaban J connectivity index is 1.82. The highest BCUT2D eigenvalue weighted by Gasteiger charge is 2.27. The lowest BCUT2D eigenvalue weighted by atomic mass is 10.2. The van der Waals surface area contributed by atoms with E-state index in [4.69, 9.17) is 9.84 Å². The minimum Gasteiger partial charge on any atom is -0.507 e. The lowest BCUT2D eigenvalue weighted by Gasteiger charge is -2.07. The topological polar surface area (TPSA) is 137 Å². The van der Waals surface area contributed by atoms with Gasteiger partial charge in [-0.15, -0.1) is 0 Å². The normalized spacial score (nSPS) is 16.0. The van der Waals surface area contributed by atoms with Crippen LogP contribution in [0.15, 0.2) is 29.3 Å². The molecule has 1 atom stereocenters. The van der Waals surface area contributed by atoms with Crippen LogP contribution < -0.4 is 10.6 Å². The summed E-state index contributed by atoms with van der Waals surface area (Å²) in [5, 5.41) is 23.0. The number of aromatic hydroxyl groups is 1. The van der Waals surface area contributed by atoms with Gasteiger partial charge in [0.25, 0.3) is 0 Å². The van der Waals surface area contributed by atoms with Crippen LogP contribution in [0.2, 0.25) is 0 Å². The van der Waals surface area contributed by atoms with E-state index in [0.717, 1.165) is 0 Å². The number of carboxylic acids is 1. The van der Waals surface area contributed by atoms with Crippen LogP contribution in [-0.2, 0) is 19.1 Å². The molecular weight excluding hydrogens is 318 g/mol. The number of para-hydroxylation sites is 1. The summed E-state index contributed by atoms with van der Waals surface area (Å²) in [6.45, 7) is -0.279. The van der Waals surface area contributed by atoms with Crippen molar-refractivity contribution < 1.29 is 29.3 Å². The molecule has 24 heavy (non-hydrogen) atoms. The minimum atomic E-state index is -1.02. The van der Waals surface area contributed by atoms with Gasteiger partial charge in [-0.3, -0.25) is 14.4 Å². The number of carboxylic acid groups (broad SMARTS) is 1. The maximum Gasteiger partial charge on any atom is 0.305 e. The lowest BCUT2D eigenvalue weighted by Crippen LogP contribution is -2.41. The zero-order chi connectivity index (χ0) is 17.5. The number of rotatable bonds is 7. The number of hydrogen-bond donors (Lipinski definition) is 4. The van der Waals surface area contributed by atoms with Crippen molar-refractivity contribution in [3.63, 3.8) is 0 Å². The van der Waals surface area contributed by atoms with E-state index in [1.165, 1.54) is 6.07 Å². The first-order chi connectivity index (χ1) is 11.5. The highest BCUT2D eigenvalue weighted by molar-refractivity contribution is 6.00. The number of nitrogens with one attached hydrogen (secondary N) is 2. The molecule has 2 amide bonds. The van der Waals surface area contributed by atoms with Crippen LogP contribution in [0.25, 0.3) is 0 Å². The molecule has 2 rings (SSSR count). The van der Waals surface area contributed by atoms with Gasteiger partial charge in [-0.1, -0.05) is 12.1 Å². The Morgan fingerprint density at radius 2 is 2.00 bits per heavy atom. The summed E-state index contributed by atoms with van der Waals surface area (Å²) in [7, 11) is 0. The van der Waals surface area contributed by atoms with Crippen LogP contribution in [-0.4, -0.2) is 59.6 Å². The first-order valence-electron chi connectivity index (χ1n) is 7.22. The van der Waals surface area contributed by atoms with Crippen LogP contribution in [0.5, 0.6) is 5.75 Å². The van der Waals surface area contributed by atoms with E-state index in [2.05, 4.69) is 15.6 Å². The molecule has 4 N–H and O–H groups in total. The second-order valence-electron chi connectivity index (χ2n) is 4.99. The zero-order valence-corrected chi connectivity index (χ0v) is 12.7. The summed E-state index contributed by atoms with van der Waals surface area (Å²) in [6.07, 6.45) is -0.190. The number of phenolic OH excluding ortho intramolecular Hbond substituents is 1. The maximum absolute atomic E-state index is 12.0. The van der Waals surface area contributed by atoms with Gasteiger partial charge in [-0.2, -0.15) is 0 Å². The average molecular weight is 335 g/mol. The fourth-order valence-corrected chi connectivity index (χ4v) is 1.97. The van der Waals surface area contributed by atoms with Gasteiger partial charge in [0.05, 0.1) is 18.5 Å². The number of aliphatic carboxylic acids is 1. The molecule has 128 valence electrons. The van der Waals surface area contributed by atoms with E-state index in [-0.39, 0.29) is 37.8 Å². The Morgan fingerprint density at radius 3 is 2.71 bits per heavy atom. The van der Waals surface area contributed by atoms with Gasteiger partial charge in [0.1, 0.15) is 12.4 Å². The van der Waals surface area contributed by atoms with Crippen LogP contribution in [0, 0.1) is 0 Å². The van der Waals surface area contributed by atoms with Crippen molar-refractivity contribution in [1.82, 2.24) is 10.6 Å². The van der Waals surface area contributed by atoms with Crippen molar-refractivity contribution in [1.29, 1.82) is 0 Å². The van der Waals surface area contributed by atoms with Crippen molar-refractivity contribution in [2.75, 3.05) is 19.7 Å². The van der Waals surface area contributed by atoms with Crippen molar-refractivity contribution in [3.8, 4) is 5.75 Å². The van der Waals surface area contributed by atoms with Gasteiger partial charge in [0, 0.05) is 6.54 Å². The third kappa shape index (κ3) is 4.70. The van der Waals surface area contributed by atoms with E-state index in [1.54, 1.807) is 18.2 Å². The number of amides is 2. The van der Waals surface area contributed by atoms with Gasteiger partial charge in [-0.05, 0) is 12.1 Å². The number of hydrogen-bond acceptors (Lipinski definition) is 6. The summed E-state index contributed by atoms with van der Waals surface area (Å²) in [5.41, 5.74) is 0.388. The van der Waals surface area contributed by atoms with Crippen molar-refractivity contribution in [2.45, 2.75) is 12.5 Å². The van der Waals surface area contributed by atoms with Crippen LogP contribution in [0.4, 0.5) is 0 Å². The third-order valence-corrected chi connectivity index (χ3v) is 3.17. The molecule has 0 aliphatic carbocycles. The van der Waals surface area contributed by atoms with Crippen molar-refractivity contribution in [3.05, 3.63) is 29.8 Å². The van der Waals surface area contributed by atoms with Crippen molar-refractivity contribution in [2.24, 2.45) is 4.99 Å². The largest absolute Gasteiger partial charge is 0.507 e. The molecule has 1 aromatic carbocycles. The Bertz CT molecular complexity index is 673. The Morgan fingerprint density at radius 1 is 1.25 bits per heavy atom. The number of carbonyl (C=O) groups is 3. The molecule has 1 aliphatic heterocycles. The van der Waals surface area contributed by atoms with E-state index < -0.39 is 23.8 Å². The summed E-state index contributed by atoms with van der Waals surface area (Å²) < 4.78 is 5.32. The molecule has 0 unspecified atom stereocenters. The predicted octanol–water partition coefficient (Wildman–Crippen LogP) is -0.755. The molecule has 0 fully saturated rings. The van der Waals surface area contributed by atoms with Crippen LogP contribution in [0.1, 0.15) is 12.0 Å². The van der Waals surface area contributed by atoms with E-state index in [1.807, 2.05) is 0 Å². The van der Waals surface area contributed by atoms with Crippen LogP contribution >= 0.6 is 0 Å². The SMILES string of the molecule is O=C(O)CCNC(=O)CNC(=O)[C@H]1COC(c2ccccc2O)=N1. The highest BCUT2D eigenvalue weighted by Crippen LogP contribution is 2.20. The molecule has 1 aliphatic rings. The Hall–Kier alpha value is -3.10. The smallest absolute Gasteiger partial charge is 0.305 e. The van der Waals surface area contributed by atoms with Crippen LogP contribution in [0.3, 0.4) is 0 Å². The van der Waals surface area contributed by atoms with Gasteiger partial charge >= 0.3 is 5.97 Å². The summed E-state index contributed by atoms with van der Waals surface area (Å²) >= 11 is 0. The minimum absolute atomic E-state index is 0.00452. The zero-order valence-electron chi connectivity index (χ0n) is 12.7. The fraction of sp³-hybridized carbons (Fsp3) is 0.333. The van der Waals surface area contributed by atoms with E-state index >= 15 is 0 Å². The standard InChI is InChI=1S/C15H17N3O6/c19-11-4-2-1-3-9(11)15-18-10(8-24-15)14(23)17-7-12(20)16-6-5-13(21)22/h1-4,10,19H,5-8H2,(H,16,20)(H,17,23)(H,21,22)/t10-/m1/s1. The molecule has 9 heteroatoms. The average Bonchev–Trinajstić information content (AvgIpc) is 3.02. The first-order valence-corrected chi connectivity index (χ1v) is 7.22. The number of ether oxygens (including phenoxy) is 1.